The number of nitrogens with zero attached hydrogens (tertiary/aromatic N) is 5. The maximum absolute atomic E-state index is 4.76. The molecule has 0 saturated carbocycles. The number of aromatic nitrogens is 3. The van der Waals surface area contributed by atoms with Gasteiger partial charge >= 0.3 is 0 Å². The van der Waals surface area contributed by atoms with Crippen LogP contribution in [-0.4, -0.2) is 52.2 Å². The van der Waals surface area contributed by atoms with E-state index in [4.69, 9.17) is 4.98 Å². The van der Waals surface area contributed by atoms with Crippen molar-refractivity contribution < 1.29 is 0 Å². The van der Waals surface area contributed by atoms with Crippen LogP contribution in [0.2, 0.25) is 0 Å². The van der Waals surface area contributed by atoms with Crippen LogP contribution in [0.5, 0.6) is 0 Å². The second-order valence-electron chi connectivity index (χ2n) is 6.34. The van der Waals surface area contributed by atoms with Gasteiger partial charge in [-0.05, 0) is 19.0 Å². The summed E-state index contributed by atoms with van der Waals surface area (Å²) in [6.45, 7) is 9.69. The van der Waals surface area contributed by atoms with Crippen molar-refractivity contribution in [3.63, 3.8) is 0 Å². The standard InChI is InChI=1S/C19H23N5/c1-3-22-9-11-23(12-10-22)18-13-15(2)21-19-17(14-20-24(18)19)16-7-5-4-6-8-16/h4-8,13-14H,3,9-12H2,1-2H3. The van der Waals surface area contributed by atoms with Crippen molar-refractivity contribution in [2.24, 2.45) is 0 Å². The minimum absolute atomic E-state index is 0.939. The molecular weight excluding hydrogens is 298 g/mol. The first-order valence-electron chi connectivity index (χ1n) is 8.64. The third kappa shape index (κ3) is 2.65. The molecule has 0 N–H and O–H groups in total. The molecule has 4 rings (SSSR count). The van der Waals surface area contributed by atoms with Gasteiger partial charge < -0.3 is 9.80 Å². The number of fused-ring (bicyclic) bond motifs is 1. The highest BCUT2D eigenvalue weighted by molar-refractivity contribution is 5.78. The van der Waals surface area contributed by atoms with Crippen LogP contribution in [0.25, 0.3) is 16.8 Å². The lowest BCUT2D eigenvalue weighted by Crippen LogP contribution is -2.46. The Hall–Kier alpha value is -2.40. The predicted octanol–water partition coefficient (Wildman–Crippen LogP) is 2.85. The molecule has 0 radical (unpaired) electrons. The molecule has 1 fully saturated rings. The summed E-state index contributed by atoms with van der Waals surface area (Å²) in [5, 5.41) is 4.65. The van der Waals surface area contributed by atoms with Crippen molar-refractivity contribution in [2.75, 3.05) is 37.6 Å². The van der Waals surface area contributed by atoms with Crippen LogP contribution in [0.15, 0.2) is 42.6 Å². The van der Waals surface area contributed by atoms with Crippen LogP contribution in [0.4, 0.5) is 5.82 Å². The van der Waals surface area contributed by atoms with Gasteiger partial charge in [0.25, 0.3) is 0 Å². The number of benzene rings is 1. The topological polar surface area (TPSA) is 36.7 Å². The molecule has 1 aromatic carbocycles. The fourth-order valence-corrected chi connectivity index (χ4v) is 3.40. The fraction of sp³-hybridized carbons (Fsp3) is 0.368. The van der Waals surface area contributed by atoms with Crippen molar-refractivity contribution in [3.8, 4) is 11.1 Å². The summed E-state index contributed by atoms with van der Waals surface area (Å²) in [6.07, 6.45) is 1.93. The van der Waals surface area contributed by atoms with Crippen molar-refractivity contribution in [2.45, 2.75) is 13.8 Å². The lowest BCUT2D eigenvalue weighted by molar-refractivity contribution is 0.270. The third-order valence-electron chi connectivity index (χ3n) is 4.81. The molecule has 0 unspecified atom stereocenters. The first-order chi connectivity index (χ1) is 11.8. The van der Waals surface area contributed by atoms with Gasteiger partial charge in [-0.3, -0.25) is 0 Å². The molecular formula is C19H23N5. The minimum atomic E-state index is 0.939. The monoisotopic (exact) mass is 321 g/mol. The quantitative estimate of drug-likeness (QED) is 0.743. The Labute approximate surface area is 142 Å². The highest BCUT2D eigenvalue weighted by Gasteiger charge is 2.20. The molecule has 1 aliphatic rings. The zero-order chi connectivity index (χ0) is 16.5. The van der Waals surface area contributed by atoms with E-state index in [9.17, 15) is 0 Å². The van der Waals surface area contributed by atoms with Crippen molar-refractivity contribution in [1.82, 2.24) is 19.5 Å². The Morgan fingerprint density at radius 3 is 2.50 bits per heavy atom. The largest absolute Gasteiger partial charge is 0.354 e. The Bertz CT molecular complexity index is 832. The Balaban J connectivity index is 1.76. The van der Waals surface area contributed by atoms with Crippen molar-refractivity contribution in [3.05, 3.63) is 48.3 Å². The number of rotatable bonds is 3. The summed E-state index contributed by atoms with van der Waals surface area (Å²) in [7, 11) is 0. The lowest BCUT2D eigenvalue weighted by atomic mass is 10.1. The van der Waals surface area contributed by atoms with Gasteiger partial charge in [0.1, 0.15) is 5.82 Å². The van der Waals surface area contributed by atoms with E-state index in [0.717, 1.165) is 61.0 Å². The summed E-state index contributed by atoms with van der Waals surface area (Å²) in [4.78, 5) is 9.67. The van der Waals surface area contributed by atoms with Gasteiger partial charge in [0.15, 0.2) is 5.65 Å². The highest BCUT2D eigenvalue weighted by Crippen LogP contribution is 2.27. The van der Waals surface area contributed by atoms with Crippen LogP contribution in [0.1, 0.15) is 12.6 Å². The van der Waals surface area contributed by atoms with E-state index in [1.165, 1.54) is 0 Å². The molecule has 0 aliphatic carbocycles. The lowest BCUT2D eigenvalue weighted by Gasteiger charge is -2.35. The molecule has 1 aliphatic heterocycles. The first-order valence-corrected chi connectivity index (χ1v) is 8.64. The number of piperazine rings is 1. The SMILES string of the molecule is CCN1CCN(c2cc(C)nc3c(-c4ccccc4)cnn23)CC1. The second-order valence-corrected chi connectivity index (χ2v) is 6.34. The summed E-state index contributed by atoms with van der Waals surface area (Å²) in [5.74, 6) is 1.15. The van der Waals surface area contributed by atoms with Crippen molar-refractivity contribution >= 4 is 11.5 Å². The van der Waals surface area contributed by atoms with E-state index >= 15 is 0 Å². The van der Waals surface area contributed by atoms with E-state index in [-0.39, 0.29) is 0 Å². The molecule has 0 atom stereocenters. The third-order valence-corrected chi connectivity index (χ3v) is 4.81. The van der Waals surface area contributed by atoms with Gasteiger partial charge in [0.05, 0.1) is 6.20 Å². The Morgan fingerprint density at radius 1 is 1.04 bits per heavy atom. The number of hydrogen-bond acceptors (Lipinski definition) is 4. The first kappa shape index (κ1) is 15.1. The van der Waals surface area contributed by atoms with Gasteiger partial charge in [0, 0.05) is 43.5 Å². The van der Waals surface area contributed by atoms with E-state index in [1.807, 2.05) is 16.8 Å². The number of hydrogen-bond donors (Lipinski definition) is 0. The van der Waals surface area contributed by atoms with E-state index in [2.05, 4.69) is 59.1 Å². The smallest absolute Gasteiger partial charge is 0.165 e. The average Bonchev–Trinajstić information content (AvgIpc) is 3.05. The zero-order valence-electron chi connectivity index (χ0n) is 14.3. The zero-order valence-corrected chi connectivity index (χ0v) is 14.3. The maximum Gasteiger partial charge on any atom is 0.165 e. The normalized spacial score (nSPS) is 16.0. The summed E-state index contributed by atoms with van der Waals surface area (Å²) < 4.78 is 2.00. The van der Waals surface area contributed by atoms with Crippen LogP contribution >= 0.6 is 0 Å². The molecule has 0 spiro atoms. The van der Waals surface area contributed by atoms with Crippen LogP contribution in [0, 0.1) is 6.92 Å². The van der Waals surface area contributed by atoms with E-state index in [1.54, 1.807) is 0 Å². The molecule has 3 aromatic rings. The van der Waals surface area contributed by atoms with Gasteiger partial charge in [0.2, 0.25) is 0 Å². The van der Waals surface area contributed by atoms with Crippen LogP contribution in [-0.2, 0) is 0 Å². The summed E-state index contributed by atoms with van der Waals surface area (Å²) >= 11 is 0. The molecule has 5 heteroatoms. The molecule has 124 valence electrons. The van der Waals surface area contributed by atoms with Gasteiger partial charge in [-0.25, -0.2) is 4.98 Å². The predicted molar refractivity (Wildman–Crippen MR) is 97.5 cm³/mol. The molecule has 0 bridgehead atoms. The second kappa shape index (κ2) is 6.24. The summed E-state index contributed by atoms with van der Waals surface area (Å²) in [5.41, 5.74) is 4.22. The van der Waals surface area contributed by atoms with Gasteiger partial charge in [-0.1, -0.05) is 37.3 Å². The molecule has 1 saturated heterocycles. The molecule has 5 nitrogen and oxygen atoms in total. The number of likely N-dealkylation sites (N-methyl/N-ethyl adjacent to an activating group) is 1. The summed E-state index contributed by atoms with van der Waals surface area (Å²) in [6, 6.07) is 12.5. The minimum Gasteiger partial charge on any atom is -0.354 e. The molecule has 3 heterocycles. The molecule has 2 aromatic heterocycles. The Morgan fingerprint density at radius 2 is 1.79 bits per heavy atom. The average molecular weight is 321 g/mol. The highest BCUT2D eigenvalue weighted by atomic mass is 15.4. The van der Waals surface area contributed by atoms with Crippen molar-refractivity contribution in [1.29, 1.82) is 0 Å². The van der Waals surface area contributed by atoms with E-state index in [0.29, 0.717) is 0 Å². The van der Waals surface area contributed by atoms with Gasteiger partial charge in [-0.15, -0.1) is 0 Å². The number of aryl methyl sites for hydroxylation is 1. The van der Waals surface area contributed by atoms with Gasteiger partial charge in [-0.2, -0.15) is 9.61 Å². The van der Waals surface area contributed by atoms with Crippen LogP contribution < -0.4 is 4.90 Å². The fourth-order valence-electron chi connectivity index (χ4n) is 3.40. The maximum atomic E-state index is 4.76. The Kier molecular flexibility index (Phi) is 3.94. The van der Waals surface area contributed by atoms with E-state index < -0.39 is 0 Å². The van der Waals surface area contributed by atoms with Crippen LogP contribution in [0.3, 0.4) is 0 Å². The molecule has 24 heavy (non-hydrogen) atoms. The number of anilines is 1. The molecule has 0 amide bonds.